The summed E-state index contributed by atoms with van der Waals surface area (Å²) < 4.78 is 9.65. The first-order valence-electron chi connectivity index (χ1n) is 13.1. The van der Waals surface area contributed by atoms with E-state index in [-0.39, 0.29) is 12.2 Å². The Hall–Kier alpha value is -3.91. The molecule has 0 aliphatic carbocycles. The lowest BCUT2D eigenvalue weighted by atomic mass is 9.96. The standard InChI is InChI=1S/C32H25Cl2N3O3S/c1-3-40-31(39)28-19(2)35-32-37(29(28)21-9-5-4-6-10-21)30(38)27(41-32)16-22-18-36(26-12-8-7-11-23(22)26)17-20-13-14-24(33)25(34)15-20/h4-16,18,29H,3,17H2,1-2H3. The van der Waals surface area contributed by atoms with E-state index in [1.165, 1.54) is 11.3 Å². The summed E-state index contributed by atoms with van der Waals surface area (Å²) in [6.07, 6.45) is 3.94. The number of ether oxygens (including phenoxy) is 1. The second-order valence-electron chi connectivity index (χ2n) is 9.69. The summed E-state index contributed by atoms with van der Waals surface area (Å²) in [5.41, 5.74) is 4.46. The SMILES string of the molecule is CCOC(=O)C1=C(C)N=c2sc(=Cc3cn(Cc4ccc(Cl)c(Cl)c4)c4ccccc34)c(=O)n2C1c1ccccc1. The van der Waals surface area contributed by atoms with Crippen molar-refractivity contribution in [3.63, 3.8) is 0 Å². The van der Waals surface area contributed by atoms with Crippen LogP contribution in [0.1, 0.15) is 36.6 Å². The molecule has 0 radical (unpaired) electrons. The zero-order chi connectivity index (χ0) is 28.7. The van der Waals surface area contributed by atoms with E-state index >= 15 is 0 Å². The molecule has 1 aliphatic heterocycles. The van der Waals surface area contributed by atoms with Crippen LogP contribution in [0.3, 0.4) is 0 Å². The molecule has 5 aromatic rings. The average Bonchev–Trinajstić information content (AvgIpc) is 3.47. The van der Waals surface area contributed by atoms with Gasteiger partial charge in [-0.25, -0.2) is 9.79 Å². The molecule has 6 nitrogen and oxygen atoms in total. The van der Waals surface area contributed by atoms with Crippen molar-refractivity contribution in [1.29, 1.82) is 0 Å². The van der Waals surface area contributed by atoms with Crippen molar-refractivity contribution in [3.8, 4) is 0 Å². The number of carbonyl (C=O) groups excluding carboxylic acids is 1. The van der Waals surface area contributed by atoms with E-state index in [2.05, 4.69) is 15.6 Å². The molecule has 0 bridgehead atoms. The second-order valence-corrected chi connectivity index (χ2v) is 11.5. The van der Waals surface area contributed by atoms with Crippen molar-refractivity contribution in [2.45, 2.75) is 26.4 Å². The number of nitrogens with zero attached hydrogens (tertiary/aromatic N) is 3. The zero-order valence-corrected chi connectivity index (χ0v) is 24.6. The van der Waals surface area contributed by atoms with Crippen molar-refractivity contribution >= 4 is 57.5 Å². The highest BCUT2D eigenvalue weighted by Crippen LogP contribution is 2.31. The third-order valence-electron chi connectivity index (χ3n) is 7.08. The molecule has 206 valence electrons. The van der Waals surface area contributed by atoms with Gasteiger partial charge in [0.1, 0.15) is 0 Å². The van der Waals surface area contributed by atoms with Gasteiger partial charge in [-0.15, -0.1) is 0 Å². The van der Waals surface area contributed by atoms with Crippen LogP contribution < -0.4 is 14.9 Å². The van der Waals surface area contributed by atoms with E-state index in [4.69, 9.17) is 27.9 Å². The van der Waals surface area contributed by atoms with Gasteiger partial charge in [-0.1, -0.05) is 89.1 Å². The first-order valence-corrected chi connectivity index (χ1v) is 14.7. The second kappa shape index (κ2) is 11.2. The van der Waals surface area contributed by atoms with Crippen molar-refractivity contribution in [2.24, 2.45) is 4.99 Å². The van der Waals surface area contributed by atoms with Gasteiger partial charge >= 0.3 is 5.97 Å². The Bertz CT molecular complexity index is 2020. The lowest BCUT2D eigenvalue weighted by Crippen LogP contribution is -2.39. The highest BCUT2D eigenvalue weighted by molar-refractivity contribution is 7.07. The number of halogens is 2. The molecule has 3 aromatic carbocycles. The zero-order valence-electron chi connectivity index (χ0n) is 22.3. The number of hydrogen-bond donors (Lipinski definition) is 0. The van der Waals surface area contributed by atoms with Gasteiger partial charge in [0.15, 0.2) is 4.80 Å². The van der Waals surface area contributed by atoms with E-state index < -0.39 is 12.0 Å². The third-order valence-corrected chi connectivity index (χ3v) is 8.80. The molecule has 3 heterocycles. The van der Waals surface area contributed by atoms with E-state index in [1.807, 2.05) is 72.9 Å². The summed E-state index contributed by atoms with van der Waals surface area (Å²) in [5, 5.41) is 2.04. The minimum atomic E-state index is -0.635. The molecule has 0 amide bonds. The summed E-state index contributed by atoms with van der Waals surface area (Å²) in [6, 6.07) is 22.6. The Morgan fingerprint density at radius 1 is 1.05 bits per heavy atom. The summed E-state index contributed by atoms with van der Waals surface area (Å²) in [6.45, 7) is 4.37. The van der Waals surface area contributed by atoms with Crippen LogP contribution in [0.15, 0.2) is 100 Å². The summed E-state index contributed by atoms with van der Waals surface area (Å²) in [7, 11) is 0. The van der Waals surface area contributed by atoms with Gasteiger partial charge in [-0.3, -0.25) is 9.36 Å². The molecule has 1 unspecified atom stereocenters. The minimum Gasteiger partial charge on any atom is -0.463 e. The summed E-state index contributed by atoms with van der Waals surface area (Å²) in [5.74, 6) is -0.470. The van der Waals surface area contributed by atoms with Gasteiger partial charge in [0, 0.05) is 29.2 Å². The number of para-hydroxylation sites is 1. The van der Waals surface area contributed by atoms with E-state index in [0.29, 0.717) is 37.2 Å². The normalized spacial score (nSPS) is 15.2. The Labute approximate surface area is 250 Å². The van der Waals surface area contributed by atoms with Gasteiger partial charge in [-0.05, 0) is 49.2 Å². The maximum absolute atomic E-state index is 14.0. The molecular formula is C32H25Cl2N3O3S. The lowest BCUT2D eigenvalue weighted by molar-refractivity contribution is -0.139. The Morgan fingerprint density at radius 2 is 1.80 bits per heavy atom. The Balaban J connectivity index is 1.50. The van der Waals surface area contributed by atoms with Gasteiger partial charge < -0.3 is 9.30 Å². The molecule has 0 saturated heterocycles. The van der Waals surface area contributed by atoms with Gasteiger partial charge in [-0.2, -0.15) is 0 Å². The molecular weight excluding hydrogens is 577 g/mol. The van der Waals surface area contributed by atoms with Crippen molar-refractivity contribution in [2.75, 3.05) is 6.61 Å². The van der Waals surface area contributed by atoms with Crippen LogP contribution in [0.4, 0.5) is 0 Å². The van der Waals surface area contributed by atoms with Crippen LogP contribution in [0.5, 0.6) is 0 Å². The molecule has 2 aromatic heterocycles. The van der Waals surface area contributed by atoms with Gasteiger partial charge in [0.05, 0.1) is 38.5 Å². The molecule has 1 aliphatic rings. The molecule has 9 heteroatoms. The molecule has 6 rings (SSSR count). The maximum atomic E-state index is 14.0. The fraction of sp³-hybridized carbons (Fsp3) is 0.156. The fourth-order valence-corrected chi connectivity index (χ4v) is 6.60. The maximum Gasteiger partial charge on any atom is 0.338 e. The van der Waals surface area contributed by atoms with Crippen LogP contribution in [0, 0.1) is 0 Å². The summed E-state index contributed by atoms with van der Waals surface area (Å²) >= 11 is 13.7. The van der Waals surface area contributed by atoms with Crippen LogP contribution in [-0.4, -0.2) is 21.7 Å². The lowest BCUT2D eigenvalue weighted by Gasteiger charge is -2.24. The number of carbonyl (C=O) groups is 1. The van der Waals surface area contributed by atoms with E-state index in [0.717, 1.165) is 27.6 Å². The number of rotatable bonds is 6. The van der Waals surface area contributed by atoms with Crippen molar-refractivity contribution in [3.05, 3.63) is 137 Å². The number of thiazole rings is 1. The quantitative estimate of drug-likeness (QED) is 0.221. The molecule has 0 saturated carbocycles. The van der Waals surface area contributed by atoms with Crippen molar-refractivity contribution < 1.29 is 9.53 Å². The van der Waals surface area contributed by atoms with Crippen molar-refractivity contribution in [1.82, 2.24) is 9.13 Å². The minimum absolute atomic E-state index is 0.210. The van der Waals surface area contributed by atoms with Gasteiger partial charge in [0.25, 0.3) is 5.56 Å². The monoisotopic (exact) mass is 601 g/mol. The number of aromatic nitrogens is 2. The van der Waals surface area contributed by atoms with E-state index in [9.17, 15) is 9.59 Å². The first-order chi connectivity index (χ1) is 19.9. The highest BCUT2D eigenvalue weighted by atomic mass is 35.5. The average molecular weight is 603 g/mol. The predicted molar refractivity (Wildman–Crippen MR) is 164 cm³/mol. The van der Waals surface area contributed by atoms with Crippen LogP contribution in [0.25, 0.3) is 17.0 Å². The third kappa shape index (κ3) is 5.05. The predicted octanol–water partition coefficient (Wildman–Crippen LogP) is 6.11. The Kier molecular flexibility index (Phi) is 7.43. The van der Waals surface area contributed by atoms with Crippen LogP contribution >= 0.6 is 34.5 Å². The van der Waals surface area contributed by atoms with Gasteiger partial charge in [0.2, 0.25) is 0 Å². The fourth-order valence-electron chi connectivity index (χ4n) is 5.24. The van der Waals surface area contributed by atoms with Crippen LogP contribution in [0.2, 0.25) is 10.0 Å². The topological polar surface area (TPSA) is 65.6 Å². The number of hydrogen-bond acceptors (Lipinski definition) is 5. The highest BCUT2D eigenvalue weighted by Gasteiger charge is 2.33. The summed E-state index contributed by atoms with van der Waals surface area (Å²) in [4.78, 5) is 32.3. The van der Waals surface area contributed by atoms with E-state index in [1.54, 1.807) is 24.5 Å². The molecule has 0 spiro atoms. The number of allylic oxidation sites excluding steroid dienone is 1. The first kappa shape index (κ1) is 27.3. The van der Waals surface area contributed by atoms with Crippen LogP contribution in [-0.2, 0) is 16.1 Å². The smallest absolute Gasteiger partial charge is 0.338 e. The number of benzene rings is 3. The molecule has 1 atom stereocenters. The molecule has 41 heavy (non-hydrogen) atoms. The largest absolute Gasteiger partial charge is 0.463 e. The molecule has 0 N–H and O–H groups in total. The Morgan fingerprint density at radius 3 is 2.56 bits per heavy atom. The number of fused-ring (bicyclic) bond motifs is 2. The molecule has 0 fully saturated rings. The number of esters is 1.